The molecule has 0 amide bonds. The van der Waals surface area contributed by atoms with Gasteiger partial charge in [-0.05, 0) is 89.2 Å². The van der Waals surface area contributed by atoms with Crippen LogP contribution in [0.5, 0.6) is 0 Å². The molecule has 2 aromatic rings. The van der Waals surface area contributed by atoms with Crippen LogP contribution in [0.2, 0.25) is 0 Å². The molecule has 3 aliphatic carbocycles. The molecule has 3 heteroatoms. The number of benzene rings is 1. The van der Waals surface area contributed by atoms with Crippen molar-refractivity contribution < 1.29 is 13.9 Å². The minimum absolute atomic E-state index is 0.0634. The van der Waals surface area contributed by atoms with Gasteiger partial charge in [-0.3, -0.25) is 0 Å². The molecular weight excluding hydrogens is 408 g/mol. The third-order valence-electron chi connectivity index (χ3n) is 7.86. The lowest BCUT2D eigenvalue weighted by atomic mass is 9.59. The lowest BCUT2D eigenvalue weighted by Gasteiger charge is -2.49. The lowest BCUT2D eigenvalue weighted by Crippen LogP contribution is -2.45. The van der Waals surface area contributed by atoms with Crippen molar-refractivity contribution >= 4 is 12.0 Å². The Hall–Kier alpha value is -2.29. The Morgan fingerprint density at radius 2 is 1.61 bits per heavy atom. The van der Waals surface area contributed by atoms with Crippen LogP contribution in [0.3, 0.4) is 0 Å². The molecule has 2 unspecified atom stereocenters. The highest BCUT2D eigenvalue weighted by atomic mass is 16.5. The van der Waals surface area contributed by atoms with Crippen LogP contribution in [0.1, 0.15) is 108 Å². The van der Waals surface area contributed by atoms with E-state index in [1.807, 2.05) is 12.3 Å². The second kappa shape index (κ2) is 9.52. The summed E-state index contributed by atoms with van der Waals surface area (Å²) in [7, 11) is 0. The van der Waals surface area contributed by atoms with Crippen molar-refractivity contribution in [3.8, 4) is 11.1 Å². The van der Waals surface area contributed by atoms with Gasteiger partial charge < -0.3 is 9.15 Å². The van der Waals surface area contributed by atoms with E-state index in [1.54, 1.807) is 6.08 Å². The predicted octanol–water partition coefficient (Wildman–Crippen LogP) is 8.31. The highest BCUT2D eigenvalue weighted by molar-refractivity contribution is 5.87. The SMILES string of the molecule is CC(C)c1cc(C(C)C)c(-c2coc(/C=C/C(=O)OC3CC4CC(C4)C3C)c2)c(C(C)C)c1. The maximum absolute atomic E-state index is 12.5. The molecule has 3 saturated carbocycles. The number of fused-ring (bicyclic) bond motifs is 2. The van der Waals surface area contributed by atoms with Gasteiger partial charge in [0.1, 0.15) is 11.9 Å². The minimum Gasteiger partial charge on any atom is -0.464 e. The molecule has 178 valence electrons. The van der Waals surface area contributed by atoms with Crippen molar-refractivity contribution in [2.75, 3.05) is 0 Å². The molecule has 0 aliphatic heterocycles. The molecular formula is C30H40O3. The summed E-state index contributed by atoms with van der Waals surface area (Å²) in [6.45, 7) is 15.7. The number of carbonyl (C=O) groups is 1. The number of rotatable bonds is 7. The zero-order chi connectivity index (χ0) is 23.9. The third kappa shape index (κ3) is 4.98. The molecule has 1 aromatic heterocycles. The van der Waals surface area contributed by atoms with Crippen LogP contribution in [0.4, 0.5) is 0 Å². The smallest absolute Gasteiger partial charge is 0.331 e. The van der Waals surface area contributed by atoms with Crippen LogP contribution in [-0.4, -0.2) is 12.1 Å². The van der Waals surface area contributed by atoms with E-state index in [4.69, 9.17) is 9.15 Å². The largest absolute Gasteiger partial charge is 0.464 e. The molecule has 3 nitrogen and oxygen atoms in total. The van der Waals surface area contributed by atoms with Gasteiger partial charge in [0.15, 0.2) is 0 Å². The fourth-order valence-corrected chi connectivity index (χ4v) is 5.61. The molecule has 3 aliphatic rings. The maximum atomic E-state index is 12.5. The summed E-state index contributed by atoms with van der Waals surface area (Å²) in [6, 6.07) is 6.75. The number of hydrogen-bond donors (Lipinski definition) is 0. The van der Waals surface area contributed by atoms with Crippen LogP contribution in [0.25, 0.3) is 17.2 Å². The minimum atomic E-state index is -0.266. The van der Waals surface area contributed by atoms with Crippen molar-refractivity contribution in [1.29, 1.82) is 0 Å². The van der Waals surface area contributed by atoms with E-state index >= 15 is 0 Å². The quantitative estimate of drug-likeness (QED) is 0.316. The van der Waals surface area contributed by atoms with E-state index in [9.17, 15) is 4.79 Å². The van der Waals surface area contributed by atoms with Crippen LogP contribution < -0.4 is 0 Å². The summed E-state index contributed by atoms with van der Waals surface area (Å²) in [4.78, 5) is 12.5. The zero-order valence-electron chi connectivity index (χ0n) is 21.4. The van der Waals surface area contributed by atoms with Crippen LogP contribution in [0, 0.1) is 17.8 Å². The van der Waals surface area contributed by atoms with Gasteiger partial charge in [-0.1, -0.05) is 60.6 Å². The summed E-state index contributed by atoms with van der Waals surface area (Å²) in [5.74, 6) is 3.68. The number of furan rings is 1. The normalized spacial score (nSPS) is 24.7. The van der Waals surface area contributed by atoms with Crippen molar-refractivity contribution in [3.63, 3.8) is 0 Å². The molecule has 0 saturated heterocycles. The number of ether oxygens (including phenoxy) is 1. The van der Waals surface area contributed by atoms with Gasteiger partial charge in [0, 0.05) is 11.6 Å². The second-order valence-electron chi connectivity index (χ2n) is 11.3. The maximum Gasteiger partial charge on any atom is 0.331 e. The Bertz CT molecular complexity index is 988. The van der Waals surface area contributed by atoms with E-state index in [0.29, 0.717) is 29.4 Å². The topological polar surface area (TPSA) is 39.4 Å². The first-order valence-electron chi connectivity index (χ1n) is 12.8. The van der Waals surface area contributed by atoms with Gasteiger partial charge in [-0.25, -0.2) is 4.79 Å². The van der Waals surface area contributed by atoms with Crippen LogP contribution in [-0.2, 0) is 9.53 Å². The van der Waals surface area contributed by atoms with Gasteiger partial charge in [0.2, 0.25) is 0 Å². The zero-order valence-corrected chi connectivity index (χ0v) is 21.4. The second-order valence-corrected chi connectivity index (χ2v) is 11.3. The first kappa shape index (κ1) is 23.9. The lowest BCUT2D eigenvalue weighted by molar-refractivity contribution is -0.155. The highest BCUT2D eigenvalue weighted by Gasteiger charge is 2.44. The van der Waals surface area contributed by atoms with Crippen LogP contribution >= 0.6 is 0 Å². The van der Waals surface area contributed by atoms with E-state index in [0.717, 1.165) is 23.8 Å². The predicted molar refractivity (Wildman–Crippen MR) is 135 cm³/mol. The third-order valence-corrected chi connectivity index (χ3v) is 7.86. The van der Waals surface area contributed by atoms with E-state index < -0.39 is 0 Å². The van der Waals surface area contributed by atoms with Crippen molar-refractivity contribution in [2.24, 2.45) is 17.8 Å². The van der Waals surface area contributed by atoms with E-state index in [2.05, 4.69) is 60.6 Å². The number of esters is 1. The fraction of sp³-hybridized carbons (Fsp3) is 0.567. The summed E-state index contributed by atoms with van der Waals surface area (Å²) >= 11 is 0. The first-order chi connectivity index (χ1) is 15.6. The van der Waals surface area contributed by atoms with Crippen molar-refractivity contribution in [3.05, 3.63) is 53.0 Å². The van der Waals surface area contributed by atoms with Gasteiger partial charge in [0.25, 0.3) is 0 Å². The average molecular weight is 449 g/mol. The summed E-state index contributed by atoms with van der Waals surface area (Å²) in [5.41, 5.74) is 6.43. The average Bonchev–Trinajstić information content (AvgIpc) is 3.20. The molecule has 0 spiro atoms. The monoisotopic (exact) mass is 448 g/mol. The van der Waals surface area contributed by atoms with Gasteiger partial charge >= 0.3 is 5.97 Å². The molecule has 2 atom stereocenters. The van der Waals surface area contributed by atoms with Crippen LogP contribution in [0.15, 0.2) is 35.0 Å². The summed E-state index contributed by atoms with van der Waals surface area (Å²) in [6.07, 6.45) is 8.79. The standard InChI is InChI=1S/C30H40O3/c1-17(2)22-14-26(18(3)4)30(27(15-22)19(5)6)24-13-25(32-16-24)8-9-29(31)33-28-12-21-10-23(11-21)20(28)7/h8-9,13-21,23,28H,10-12H2,1-7H3/b9-8+. The van der Waals surface area contributed by atoms with Gasteiger partial charge in [-0.2, -0.15) is 0 Å². The van der Waals surface area contributed by atoms with E-state index in [1.165, 1.54) is 41.2 Å². The molecule has 5 rings (SSSR count). The van der Waals surface area contributed by atoms with Crippen molar-refractivity contribution in [1.82, 2.24) is 0 Å². The number of hydrogen-bond acceptors (Lipinski definition) is 3. The Balaban J connectivity index is 1.54. The molecule has 3 fully saturated rings. The highest BCUT2D eigenvalue weighted by Crippen LogP contribution is 2.49. The molecule has 1 heterocycles. The molecule has 2 bridgehead atoms. The van der Waals surface area contributed by atoms with Gasteiger partial charge in [-0.15, -0.1) is 0 Å². The molecule has 33 heavy (non-hydrogen) atoms. The number of carbonyl (C=O) groups excluding carboxylic acids is 1. The van der Waals surface area contributed by atoms with E-state index in [-0.39, 0.29) is 12.1 Å². The Labute approximate surface area is 199 Å². The fourth-order valence-electron chi connectivity index (χ4n) is 5.61. The summed E-state index contributed by atoms with van der Waals surface area (Å²) < 4.78 is 11.6. The molecule has 1 aromatic carbocycles. The van der Waals surface area contributed by atoms with Gasteiger partial charge in [0.05, 0.1) is 6.26 Å². The Morgan fingerprint density at radius 1 is 0.970 bits per heavy atom. The summed E-state index contributed by atoms with van der Waals surface area (Å²) in [5, 5.41) is 0. The Morgan fingerprint density at radius 3 is 2.15 bits per heavy atom. The molecule has 0 radical (unpaired) electrons. The van der Waals surface area contributed by atoms with Crippen molar-refractivity contribution in [2.45, 2.75) is 91.6 Å². The Kier molecular flexibility index (Phi) is 6.88. The first-order valence-corrected chi connectivity index (χ1v) is 12.8. The molecule has 0 N–H and O–H groups in total.